The van der Waals surface area contributed by atoms with Gasteiger partial charge in [0.1, 0.15) is 5.75 Å². The van der Waals surface area contributed by atoms with Crippen LogP contribution in [0.4, 0.5) is 8.78 Å². The summed E-state index contributed by atoms with van der Waals surface area (Å²) in [6.07, 6.45) is 1.66. The van der Waals surface area contributed by atoms with Gasteiger partial charge in [0, 0.05) is 11.1 Å². The third-order valence-corrected chi connectivity index (χ3v) is 2.74. The van der Waals surface area contributed by atoms with Crippen LogP contribution in [0.25, 0.3) is 0 Å². The Hall–Kier alpha value is -1.16. The van der Waals surface area contributed by atoms with E-state index in [1.165, 1.54) is 0 Å². The highest BCUT2D eigenvalue weighted by atomic mass is 19.3. The summed E-state index contributed by atoms with van der Waals surface area (Å²) in [5, 5.41) is 0. The molecule has 0 bridgehead atoms. The molecule has 2 nitrogen and oxygen atoms in total. The van der Waals surface area contributed by atoms with E-state index in [1.807, 2.05) is 6.07 Å². The van der Waals surface area contributed by atoms with Gasteiger partial charge in [-0.3, -0.25) is 0 Å². The third kappa shape index (κ3) is 1.95. The van der Waals surface area contributed by atoms with Gasteiger partial charge in [-0.2, -0.15) is 8.78 Å². The molecule has 0 amide bonds. The summed E-state index contributed by atoms with van der Waals surface area (Å²) >= 11 is 0. The maximum Gasteiger partial charge on any atom is 0.387 e. The Bertz CT molecular complexity index is 375. The molecule has 1 aliphatic carbocycles. The number of halogens is 2. The summed E-state index contributed by atoms with van der Waals surface area (Å²) in [4.78, 5) is 0. The first-order valence-electron chi connectivity index (χ1n) is 4.87. The van der Waals surface area contributed by atoms with Crippen molar-refractivity contribution in [2.75, 3.05) is 0 Å². The van der Waals surface area contributed by atoms with Gasteiger partial charge >= 0.3 is 6.61 Å². The number of hydrogen-bond acceptors (Lipinski definition) is 2. The summed E-state index contributed by atoms with van der Waals surface area (Å²) in [6.45, 7) is -1.06. The van der Waals surface area contributed by atoms with E-state index in [0.717, 1.165) is 12.8 Å². The maximum atomic E-state index is 12.2. The van der Waals surface area contributed by atoms with Crippen LogP contribution in [0.1, 0.15) is 24.0 Å². The topological polar surface area (TPSA) is 35.2 Å². The zero-order valence-electron chi connectivity index (χ0n) is 8.47. The summed E-state index contributed by atoms with van der Waals surface area (Å²) in [6, 6.07) is 5.32. The molecule has 0 spiro atoms. The Morgan fingerprint density at radius 3 is 2.60 bits per heavy atom. The molecule has 0 atom stereocenters. The quantitative estimate of drug-likeness (QED) is 0.837. The average Bonchev–Trinajstić information content (AvgIpc) is 2.88. The van der Waals surface area contributed by atoms with Crippen LogP contribution < -0.4 is 10.5 Å². The second-order valence-electron chi connectivity index (χ2n) is 3.99. The lowest BCUT2D eigenvalue weighted by Crippen LogP contribution is -2.21. The van der Waals surface area contributed by atoms with Crippen LogP contribution in [0.5, 0.6) is 5.75 Å². The van der Waals surface area contributed by atoms with Gasteiger partial charge in [0.2, 0.25) is 0 Å². The lowest BCUT2D eigenvalue weighted by atomic mass is 10.0. The lowest BCUT2D eigenvalue weighted by molar-refractivity contribution is -0.0511. The predicted molar refractivity (Wildman–Crippen MR) is 52.9 cm³/mol. The van der Waals surface area contributed by atoms with Crippen molar-refractivity contribution in [3.63, 3.8) is 0 Å². The van der Waals surface area contributed by atoms with Crippen LogP contribution in [0.15, 0.2) is 18.2 Å². The Balaban J connectivity index is 2.40. The number of ether oxygens (including phenoxy) is 1. The minimum atomic E-state index is -2.80. The normalized spacial score (nSPS) is 17.9. The number of alkyl halides is 2. The molecular weight excluding hydrogens is 200 g/mol. The molecule has 0 unspecified atom stereocenters. The van der Waals surface area contributed by atoms with Crippen LogP contribution in [-0.4, -0.2) is 6.61 Å². The first kappa shape index (κ1) is 10.4. The molecule has 1 aliphatic rings. The van der Waals surface area contributed by atoms with Crippen molar-refractivity contribution in [2.24, 2.45) is 5.73 Å². The molecule has 2 N–H and O–H groups in total. The van der Waals surface area contributed by atoms with Gasteiger partial charge in [0.15, 0.2) is 0 Å². The van der Waals surface area contributed by atoms with Crippen molar-refractivity contribution in [1.29, 1.82) is 0 Å². The molecule has 0 saturated heterocycles. The number of aryl methyl sites for hydroxylation is 1. The molecule has 1 aromatic rings. The summed E-state index contributed by atoms with van der Waals surface area (Å²) in [5.74, 6) is 0.243. The van der Waals surface area contributed by atoms with E-state index in [-0.39, 0.29) is 5.75 Å². The van der Waals surface area contributed by atoms with Crippen molar-refractivity contribution in [3.05, 3.63) is 29.3 Å². The smallest absolute Gasteiger partial charge is 0.387 e. The highest BCUT2D eigenvalue weighted by Crippen LogP contribution is 2.47. The molecule has 0 heterocycles. The predicted octanol–water partition coefficient (Wildman–Crippen LogP) is 2.54. The van der Waals surface area contributed by atoms with Gasteiger partial charge < -0.3 is 10.5 Å². The van der Waals surface area contributed by atoms with Gasteiger partial charge in [-0.15, -0.1) is 0 Å². The Morgan fingerprint density at radius 2 is 2.07 bits per heavy atom. The van der Waals surface area contributed by atoms with Crippen molar-refractivity contribution < 1.29 is 13.5 Å². The number of rotatable bonds is 3. The van der Waals surface area contributed by atoms with Gasteiger partial charge in [-0.25, -0.2) is 0 Å². The van der Waals surface area contributed by atoms with Gasteiger partial charge in [0.05, 0.1) is 0 Å². The Kier molecular flexibility index (Phi) is 2.38. The molecular formula is C11H13F2NO. The number of para-hydroxylation sites is 1. The van der Waals surface area contributed by atoms with E-state index < -0.39 is 12.2 Å². The zero-order chi connectivity index (χ0) is 11.1. The fraction of sp³-hybridized carbons (Fsp3) is 0.455. The second-order valence-corrected chi connectivity index (χ2v) is 3.99. The van der Waals surface area contributed by atoms with E-state index in [2.05, 4.69) is 4.74 Å². The number of hydrogen-bond donors (Lipinski definition) is 1. The van der Waals surface area contributed by atoms with E-state index in [4.69, 9.17) is 5.73 Å². The van der Waals surface area contributed by atoms with E-state index >= 15 is 0 Å². The fourth-order valence-corrected chi connectivity index (χ4v) is 1.69. The molecule has 0 aliphatic heterocycles. The molecule has 1 aromatic carbocycles. The molecule has 4 heteroatoms. The van der Waals surface area contributed by atoms with Crippen LogP contribution in [0.3, 0.4) is 0 Å². The summed E-state index contributed by atoms with van der Waals surface area (Å²) in [5.41, 5.74) is 6.94. The minimum Gasteiger partial charge on any atom is -0.434 e. The second kappa shape index (κ2) is 3.45. The van der Waals surface area contributed by atoms with Gasteiger partial charge in [-0.1, -0.05) is 18.2 Å². The van der Waals surface area contributed by atoms with E-state index in [0.29, 0.717) is 11.1 Å². The van der Waals surface area contributed by atoms with Crippen LogP contribution in [0.2, 0.25) is 0 Å². The average molecular weight is 213 g/mol. The van der Waals surface area contributed by atoms with Crippen molar-refractivity contribution in [1.82, 2.24) is 0 Å². The summed E-state index contributed by atoms with van der Waals surface area (Å²) in [7, 11) is 0. The van der Waals surface area contributed by atoms with E-state index in [1.54, 1.807) is 19.1 Å². The standard InChI is InChI=1S/C11H13F2NO/c1-7-3-2-4-8(11(14)5-6-11)9(7)15-10(12)13/h2-4,10H,5-6,14H2,1H3. The molecule has 1 saturated carbocycles. The molecule has 82 valence electrons. The largest absolute Gasteiger partial charge is 0.434 e. The van der Waals surface area contributed by atoms with E-state index in [9.17, 15) is 8.78 Å². The molecule has 0 aromatic heterocycles. The highest BCUT2D eigenvalue weighted by Gasteiger charge is 2.42. The van der Waals surface area contributed by atoms with Crippen molar-refractivity contribution >= 4 is 0 Å². The van der Waals surface area contributed by atoms with Crippen LogP contribution >= 0.6 is 0 Å². The Morgan fingerprint density at radius 1 is 1.40 bits per heavy atom. The van der Waals surface area contributed by atoms with Gasteiger partial charge in [-0.05, 0) is 25.3 Å². The van der Waals surface area contributed by atoms with Gasteiger partial charge in [0.25, 0.3) is 0 Å². The fourth-order valence-electron chi connectivity index (χ4n) is 1.69. The number of benzene rings is 1. The first-order chi connectivity index (χ1) is 7.03. The molecule has 15 heavy (non-hydrogen) atoms. The monoisotopic (exact) mass is 213 g/mol. The molecule has 2 rings (SSSR count). The Labute approximate surface area is 87.0 Å². The third-order valence-electron chi connectivity index (χ3n) is 2.74. The molecule has 0 radical (unpaired) electrons. The zero-order valence-corrected chi connectivity index (χ0v) is 8.47. The van der Waals surface area contributed by atoms with Crippen LogP contribution in [0, 0.1) is 6.92 Å². The first-order valence-corrected chi connectivity index (χ1v) is 4.87. The number of nitrogens with two attached hydrogens (primary N) is 1. The summed E-state index contributed by atoms with van der Waals surface area (Å²) < 4.78 is 29.0. The molecule has 1 fully saturated rings. The van der Waals surface area contributed by atoms with Crippen LogP contribution in [-0.2, 0) is 5.54 Å². The lowest BCUT2D eigenvalue weighted by Gasteiger charge is -2.17. The SMILES string of the molecule is Cc1cccc(C2(N)CC2)c1OC(F)F. The highest BCUT2D eigenvalue weighted by molar-refractivity contribution is 5.47. The maximum absolute atomic E-state index is 12.2. The van der Waals surface area contributed by atoms with Crippen molar-refractivity contribution in [2.45, 2.75) is 31.9 Å². The minimum absolute atomic E-state index is 0.243. The van der Waals surface area contributed by atoms with Crippen molar-refractivity contribution in [3.8, 4) is 5.75 Å².